The van der Waals surface area contributed by atoms with Crippen LogP contribution in [-0.2, 0) is 11.0 Å². The minimum absolute atomic E-state index is 0.0547. The van der Waals surface area contributed by atoms with Crippen molar-refractivity contribution >= 4 is 11.9 Å². The Balaban J connectivity index is 2.19. The highest BCUT2D eigenvalue weighted by Gasteiger charge is 2.30. The highest BCUT2D eigenvalue weighted by molar-refractivity contribution is 5.94. The zero-order chi connectivity index (χ0) is 19.5. The third-order valence-corrected chi connectivity index (χ3v) is 3.57. The molecule has 0 spiro atoms. The van der Waals surface area contributed by atoms with Gasteiger partial charge in [0.05, 0.1) is 11.3 Å². The lowest BCUT2D eigenvalue weighted by Gasteiger charge is -2.15. The summed E-state index contributed by atoms with van der Waals surface area (Å²) in [6.07, 6.45) is -2.91. The summed E-state index contributed by atoms with van der Waals surface area (Å²) >= 11 is 0. The Hall–Kier alpha value is -2.84. The number of amides is 1. The Morgan fingerprint density at radius 3 is 2.54 bits per heavy atom. The fraction of sp³-hybridized carbons (Fsp3) is 0.353. The van der Waals surface area contributed by atoms with Gasteiger partial charge in [0.2, 0.25) is 0 Å². The van der Waals surface area contributed by atoms with Crippen LogP contribution in [0.3, 0.4) is 0 Å². The molecule has 2 rings (SSSR count). The smallest absolute Gasteiger partial charge is 0.416 e. The van der Waals surface area contributed by atoms with Crippen molar-refractivity contribution in [1.29, 1.82) is 0 Å². The van der Waals surface area contributed by atoms with Gasteiger partial charge in [-0.05, 0) is 36.6 Å². The van der Waals surface area contributed by atoms with Gasteiger partial charge in [-0.1, -0.05) is 19.9 Å². The first-order chi connectivity index (χ1) is 12.1. The van der Waals surface area contributed by atoms with E-state index in [9.17, 15) is 22.8 Å². The van der Waals surface area contributed by atoms with Gasteiger partial charge >= 0.3 is 12.1 Å². The van der Waals surface area contributed by atoms with Gasteiger partial charge in [-0.2, -0.15) is 18.3 Å². The van der Waals surface area contributed by atoms with E-state index in [4.69, 9.17) is 5.11 Å². The first kappa shape index (κ1) is 19.5. The van der Waals surface area contributed by atoms with Crippen molar-refractivity contribution < 1.29 is 27.9 Å². The molecule has 140 valence electrons. The number of carboxylic acids is 1. The van der Waals surface area contributed by atoms with Gasteiger partial charge in [-0.15, -0.1) is 0 Å². The van der Waals surface area contributed by atoms with Gasteiger partial charge in [0.1, 0.15) is 6.04 Å². The molecule has 1 heterocycles. The van der Waals surface area contributed by atoms with Crippen LogP contribution in [0.5, 0.6) is 0 Å². The van der Waals surface area contributed by atoms with Crippen LogP contribution < -0.4 is 5.32 Å². The van der Waals surface area contributed by atoms with E-state index in [1.807, 2.05) is 13.8 Å². The van der Waals surface area contributed by atoms with Crippen molar-refractivity contribution in [3.05, 3.63) is 47.8 Å². The lowest BCUT2D eigenvalue weighted by Crippen LogP contribution is -2.41. The van der Waals surface area contributed by atoms with E-state index in [1.165, 1.54) is 24.4 Å². The fourth-order valence-corrected chi connectivity index (χ4v) is 2.34. The molecule has 0 bridgehead atoms. The molecule has 1 aromatic heterocycles. The Labute approximate surface area is 147 Å². The van der Waals surface area contributed by atoms with Gasteiger partial charge in [0.25, 0.3) is 5.91 Å². The second-order valence-electron chi connectivity index (χ2n) is 6.19. The molecule has 1 aromatic carbocycles. The number of nitrogens with zero attached hydrogens (tertiary/aromatic N) is 2. The van der Waals surface area contributed by atoms with E-state index in [0.717, 1.165) is 16.8 Å². The second kappa shape index (κ2) is 7.59. The maximum atomic E-state index is 12.8. The number of aliphatic carboxylic acids is 1. The molecule has 2 N–H and O–H groups in total. The van der Waals surface area contributed by atoms with Gasteiger partial charge in [0, 0.05) is 6.20 Å². The summed E-state index contributed by atoms with van der Waals surface area (Å²) in [4.78, 5) is 23.4. The number of nitrogens with one attached hydrogen (secondary N) is 1. The quantitative estimate of drug-likeness (QED) is 0.819. The zero-order valence-corrected chi connectivity index (χ0v) is 14.1. The first-order valence-electron chi connectivity index (χ1n) is 7.85. The van der Waals surface area contributed by atoms with Crippen molar-refractivity contribution in [1.82, 2.24) is 15.1 Å². The molecular formula is C17H18F3N3O3. The zero-order valence-electron chi connectivity index (χ0n) is 14.1. The molecule has 2 aromatic rings. The summed E-state index contributed by atoms with van der Waals surface area (Å²) in [7, 11) is 0. The summed E-state index contributed by atoms with van der Waals surface area (Å²) in [5.41, 5.74) is -0.785. The molecule has 0 saturated heterocycles. The summed E-state index contributed by atoms with van der Waals surface area (Å²) in [6, 6.07) is 4.74. The Bertz CT molecular complexity index is 800. The van der Waals surface area contributed by atoms with Crippen molar-refractivity contribution in [3.8, 4) is 5.69 Å². The fourth-order valence-electron chi connectivity index (χ4n) is 2.34. The van der Waals surface area contributed by atoms with Crippen LogP contribution in [0.2, 0.25) is 0 Å². The van der Waals surface area contributed by atoms with Gasteiger partial charge in [-0.3, -0.25) is 4.79 Å². The molecule has 0 aliphatic rings. The predicted octanol–water partition coefficient (Wildman–Crippen LogP) is 3.12. The number of halogens is 3. The van der Waals surface area contributed by atoms with Gasteiger partial charge in [-0.25, -0.2) is 9.48 Å². The molecule has 1 atom stereocenters. The molecule has 1 unspecified atom stereocenters. The van der Waals surface area contributed by atoms with E-state index in [-0.39, 0.29) is 23.7 Å². The monoisotopic (exact) mass is 369 g/mol. The molecule has 0 saturated carbocycles. The van der Waals surface area contributed by atoms with E-state index in [0.29, 0.717) is 0 Å². The Morgan fingerprint density at radius 2 is 1.96 bits per heavy atom. The van der Waals surface area contributed by atoms with Crippen molar-refractivity contribution in [2.45, 2.75) is 32.5 Å². The molecule has 0 aliphatic heterocycles. The molecule has 1 amide bonds. The lowest BCUT2D eigenvalue weighted by atomic mass is 10.0. The van der Waals surface area contributed by atoms with Crippen LogP contribution in [0.25, 0.3) is 5.69 Å². The van der Waals surface area contributed by atoms with Crippen molar-refractivity contribution in [2.24, 2.45) is 5.92 Å². The number of alkyl halides is 3. The van der Waals surface area contributed by atoms with E-state index >= 15 is 0 Å². The van der Waals surface area contributed by atoms with E-state index < -0.39 is 29.7 Å². The number of carbonyl (C=O) groups excluding carboxylic acids is 1. The predicted molar refractivity (Wildman–Crippen MR) is 86.9 cm³/mol. The summed E-state index contributed by atoms with van der Waals surface area (Å²) in [5.74, 6) is -1.81. The summed E-state index contributed by atoms with van der Waals surface area (Å²) in [6.45, 7) is 3.65. The number of benzene rings is 1. The van der Waals surface area contributed by atoms with Crippen LogP contribution in [0.1, 0.15) is 36.3 Å². The van der Waals surface area contributed by atoms with Crippen molar-refractivity contribution in [2.75, 3.05) is 0 Å². The average Bonchev–Trinajstić information content (AvgIpc) is 3.03. The highest BCUT2D eigenvalue weighted by atomic mass is 19.4. The number of aromatic nitrogens is 2. The molecule has 0 fully saturated rings. The minimum atomic E-state index is -4.49. The molecule has 26 heavy (non-hydrogen) atoms. The normalized spacial score (nSPS) is 12.8. The Morgan fingerprint density at radius 1 is 1.27 bits per heavy atom. The Kier molecular flexibility index (Phi) is 5.69. The number of carbonyl (C=O) groups is 2. The van der Waals surface area contributed by atoms with Gasteiger partial charge < -0.3 is 10.4 Å². The number of hydrogen-bond donors (Lipinski definition) is 2. The third kappa shape index (κ3) is 4.84. The largest absolute Gasteiger partial charge is 0.480 e. The average molecular weight is 369 g/mol. The second-order valence-corrected chi connectivity index (χ2v) is 6.19. The SMILES string of the molecule is CC(C)CC(NC(=O)c1ccn(-c2cccc(C(F)(F)F)c2)n1)C(=O)O. The molecule has 0 radical (unpaired) electrons. The molecule has 9 heteroatoms. The molecule has 6 nitrogen and oxygen atoms in total. The topological polar surface area (TPSA) is 84.2 Å². The minimum Gasteiger partial charge on any atom is -0.480 e. The number of rotatable bonds is 6. The number of carboxylic acid groups (broad SMARTS) is 1. The van der Waals surface area contributed by atoms with Crippen LogP contribution >= 0.6 is 0 Å². The standard InChI is InChI=1S/C17H18F3N3O3/c1-10(2)8-14(16(25)26)21-15(24)13-6-7-23(22-13)12-5-3-4-11(9-12)17(18,19)20/h3-7,9-10,14H,8H2,1-2H3,(H,21,24)(H,25,26). The maximum Gasteiger partial charge on any atom is 0.416 e. The highest BCUT2D eigenvalue weighted by Crippen LogP contribution is 2.30. The van der Waals surface area contributed by atoms with E-state index in [2.05, 4.69) is 10.4 Å². The third-order valence-electron chi connectivity index (χ3n) is 3.57. The maximum absolute atomic E-state index is 12.8. The van der Waals surface area contributed by atoms with Crippen LogP contribution in [0.15, 0.2) is 36.5 Å². The first-order valence-corrected chi connectivity index (χ1v) is 7.85. The summed E-state index contributed by atoms with van der Waals surface area (Å²) < 4.78 is 39.5. The molecule has 0 aliphatic carbocycles. The van der Waals surface area contributed by atoms with Crippen LogP contribution in [0, 0.1) is 5.92 Å². The molecular weight excluding hydrogens is 351 g/mol. The summed E-state index contributed by atoms with van der Waals surface area (Å²) in [5, 5.41) is 15.5. The van der Waals surface area contributed by atoms with E-state index in [1.54, 1.807) is 0 Å². The van der Waals surface area contributed by atoms with Crippen LogP contribution in [0.4, 0.5) is 13.2 Å². The van der Waals surface area contributed by atoms with Crippen molar-refractivity contribution in [3.63, 3.8) is 0 Å². The van der Waals surface area contributed by atoms with Crippen LogP contribution in [-0.4, -0.2) is 32.8 Å². The number of hydrogen-bond acceptors (Lipinski definition) is 3. The lowest BCUT2D eigenvalue weighted by molar-refractivity contribution is -0.140. The van der Waals surface area contributed by atoms with Gasteiger partial charge in [0.15, 0.2) is 5.69 Å².